The van der Waals surface area contributed by atoms with Gasteiger partial charge in [0.05, 0.1) is 16.1 Å². The van der Waals surface area contributed by atoms with Gasteiger partial charge in [-0.25, -0.2) is 9.97 Å². The van der Waals surface area contributed by atoms with Gasteiger partial charge in [-0.15, -0.1) is 0 Å². The number of halogens is 4. The zero-order valence-electron chi connectivity index (χ0n) is 11.7. The van der Waals surface area contributed by atoms with Crippen molar-refractivity contribution in [3.8, 4) is 0 Å². The van der Waals surface area contributed by atoms with Crippen LogP contribution in [0.3, 0.4) is 0 Å². The molecule has 1 aromatic heterocycles. The number of benzene rings is 2. The lowest BCUT2D eigenvalue weighted by molar-refractivity contribution is -0.137. The molecule has 0 bridgehead atoms. The van der Waals surface area contributed by atoms with E-state index in [1.807, 2.05) is 24.3 Å². The molecular formula is C16H11ClF3N3. The summed E-state index contributed by atoms with van der Waals surface area (Å²) in [5.41, 5.74) is 0.382. The van der Waals surface area contributed by atoms with E-state index in [1.54, 1.807) is 6.07 Å². The summed E-state index contributed by atoms with van der Waals surface area (Å²) in [6.07, 6.45) is -3.07. The number of alkyl halides is 3. The molecule has 0 saturated carbocycles. The van der Waals surface area contributed by atoms with Gasteiger partial charge in [-0.2, -0.15) is 13.2 Å². The van der Waals surface area contributed by atoms with E-state index in [-0.39, 0.29) is 11.6 Å². The van der Waals surface area contributed by atoms with Crippen LogP contribution in [0.15, 0.2) is 48.8 Å². The first-order chi connectivity index (χ1) is 10.9. The minimum atomic E-state index is -4.48. The maximum absolute atomic E-state index is 12.9. The predicted molar refractivity (Wildman–Crippen MR) is 83.3 cm³/mol. The van der Waals surface area contributed by atoms with E-state index in [9.17, 15) is 13.2 Å². The van der Waals surface area contributed by atoms with Crippen LogP contribution in [0, 0.1) is 0 Å². The largest absolute Gasteiger partial charge is 0.417 e. The number of rotatable bonds is 3. The molecule has 0 unspecified atom stereocenters. The summed E-state index contributed by atoms with van der Waals surface area (Å²) in [7, 11) is 0. The first-order valence-electron chi connectivity index (χ1n) is 6.74. The number of aromatic nitrogens is 2. The number of para-hydroxylation sites is 1. The third-order valence-electron chi connectivity index (χ3n) is 3.34. The molecular weight excluding hydrogens is 327 g/mol. The van der Waals surface area contributed by atoms with E-state index in [0.717, 1.165) is 17.0 Å². The lowest BCUT2D eigenvalue weighted by Gasteiger charge is -2.12. The highest BCUT2D eigenvalue weighted by Crippen LogP contribution is 2.35. The molecule has 0 aliphatic carbocycles. The predicted octanol–water partition coefficient (Wildman–Crippen LogP) is 4.91. The second-order valence-corrected chi connectivity index (χ2v) is 5.31. The lowest BCUT2D eigenvalue weighted by atomic mass is 10.1. The third-order valence-corrected chi connectivity index (χ3v) is 3.67. The Balaban J connectivity index is 1.86. The Morgan fingerprint density at radius 3 is 2.61 bits per heavy atom. The Bertz CT molecular complexity index is 844. The first kappa shape index (κ1) is 15.6. The number of fused-ring (bicyclic) bond motifs is 1. The Morgan fingerprint density at radius 2 is 1.83 bits per heavy atom. The lowest BCUT2D eigenvalue weighted by Crippen LogP contribution is -2.08. The standard InChI is InChI=1S/C16H11ClF3N3/c17-13-6-5-10(7-12(13)16(18,19)20)8-21-15-11-3-1-2-4-14(11)22-9-23-15/h1-7,9H,8H2,(H,21,22,23). The minimum absolute atomic E-state index is 0.196. The van der Waals surface area contributed by atoms with Gasteiger partial charge in [0.1, 0.15) is 12.1 Å². The Morgan fingerprint density at radius 1 is 1.04 bits per heavy atom. The van der Waals surface area contributed by atoms with Crippen LogP contribution in [0.2, 0.25) is 5.02 Å². The van der Waals surface area contributed by atoms with Gasteiger partial charge in [-0.1, -0.05) is 29.8 Å². The Hall–Kier alpha value is -2.34. The zero-order chi connectivity index (χ0) is 16.4. The van der Waals surface area contributed by atoms with Crippen LogP contribution in [-0.4, -0.2) is 9.97 Å². The van der Waals surface area contributed by atoms with Crippen molar-refractivity contribution in [3.05, 3.63) is 64.9 Å². The van der Waals surface area contributed by atoms with Crippen LogP contribution < -0.4 is 5.32 Å². The van der Waals surface area contributed by atoms with Crippen molar-refractivity contribution in [2.24, 2.45) is 0 Å². The first-order valence-corrected chi connectivity index (χ1v) is 7.12. The quantitative estimate of drug-likeness (QED) is 0.737. The van der Waals surface area contributed by atoms with Crippen molar-refractivity contribution in [3.63, 3.8) is 0 Å². The number of nitrogens with one attached hydrogen (secondary N) is 1. The SMILES string of the molecule is FC(F)(F)c1cc(CNc2ncnc3ccccc23)ccc1Cl. The summed E-state index contributed by atoms with van der Waals surface area (Å²) >= 11 is 5.62. The van der Waals surface area contributed by atoms with Crippen LogP contribution in [0.25, 0.3) is 10.9 Å². The summed E-state index contributed by atoms with van der Waals surface area (Å²) in [5, 5.41) is 3.53. The Kier molecular flexibility index (Phi) is 4.09. The second kappa shape index (κ2) is 6.04. The fraction of sp³-hybridized carbons (Fsp3) is 0.125. The third kappa shape index (κ3) is 3.37. The molecule has 1 heterocycles. The van der Waals surface area contributed by atoms with E-state index >= 15 is 0 Å². The highest BCUT2D eigenvalue weighted by atomic mass is 35.5. The average Bonchev–Trinajstić information content (AvgIpc) is 2.53. The minimum Gasteiger partial charge on any atom is -0.365 e. The van der Waals surface area contributed by atoms with Crippen molar-refractivity contribution < 1.29 is 13.2 Å². The highest BCUT2D eigenvalue weighted by molar-refractivity contribution is 6.31. The molecule has 0 fully saturated rings. The molecule has 0 spiro atoms. The molecule has 0 radical (unpaired) electrons. The van der Waals surface area contributed by atoms with Crippen LogP contribution in [0.5, 0.6) is 0 Å². The van der Waals surface area contributed by atoms with Crippen molar-refractivity contribution >= 4 is 28.3 Å². The van der Waals surface area contributed by atoms with Gasteiger partial charge in [-0.3, -0.25) is 0 Å². The number of nitrogens with zero attached hydrogens (tertiary/aromatic N) is 2. The van der Waals surface area contributed by atoms with Crippen LogP contribution >= 0.6 is 11.6 Å². The maximum atomic E-state index is 12.9. The van der Waals surface area contributed by atoms with Crippen molar-refractivity contribution in [1.29, 1.82) is 0 Å². The fourth-order valence-electron chi connectivity index (χ4n) is 2.23. The molecule has 0 aliphatic rings. The number of hydrogen-bond acceptors (Lipinski definition) is 3. The number of anilines is 1. The van der Waals surface area contributed by atoms with Crippen LogP contribution in [-0.2, 0) is 12.7 Å². The smallest absolute Gasteiger partial charge is 0.365 e. The molecule has 3 aromatic rings. The van der Waals surface area contributed by atoms with E-state index in [4.69, 9.17) is 11.6 Å². The average molecular weight is 338 g/mol. The topological polar surface area (TPSA) is 37.8 Å². The maximum Gasteiger partial charge on any atom is 0.417 e. The molecule has 1 N–H and O–H groups in total. The summed E-state index contributed by atoms with van der Waals surface area (Å²) in [5.74, 6) is 0.569. The summed E-state index contributed by atoms with van der Waals surface area (Å²) in [4.78, 5) is 8.28. The summed E-state index contributed by atoms with van der Waals surface area (Å²) in [6.45, 7) is 0.196. The number of hydrogen-bond donors (Lipinski definition) is 1. The monoisotopic (exact) mass is 337 g/mol. The Labute approximate surface area is 135 Å². The van der Waals surface area contributed by atoms with Gasteiger partial charge in [0.25, 0.3) is 0 Å². The molecule has 23 heavy (non-hydrogen) atoms. The molecule has 0 aliphatic heterocycles. The van der Waals surface area contributed by atoms with Crippen molar-refractivity contribution in [2.45, 2.75) is 12.7 Å². The van der Waals surface area contributed by atoms with Crippen LogP contribution in [0.1, 0.15) is 11.1 Å². The molecule has 0 amide bonds. The normalized spacial score (nSPS) is 11.7. The van der Waals surface area contributed by atoms with E-state index < -0.39 is 11.7 Å². The van der Waals surface area contributed by atoms with Gasteiger partial charge in [-0.05, 0) is 29.8 Å². The van der Waals surface area contributed by atoms with Crippen LogP contribution in [0.4, 0.5) is 19.0 Å². The van der Waals surface area contributed by atoms with Gasteiger partial charge in [0.15, 0.2) is 0 Å². The molecule has 0 saturated heterocycles. The molecule has 2 aromatic carbocycles. The van der Waals surface area contributed by atoms with Gasteiger partial charge < -0.3 is 5.32 Å². The highest BCUT2D eigenvalue weighted by Gasteiger charge is 2.33. The van der Waals surface area contributed by atoms with E-state index in [2.05, 4.69) is 15.3 Å². The van der Waals surface area contributed by atoms with Gasteiger partial charge >= 0.3 is 6.18 Å². The van der Waals surface area contributed by atoms with Gasteiger partial charge in [0, 0.05) is 11.9 Å². The van der Waals surface area contributed by atoms with E-state index in [1.165, 1.54) is 12.4 Å². The zero-order valence-corrected chi connectivity index (χ0v) is 12.5. The molecule has 3 rings (SSSR count). The molecule has 0 atom stereocenters. The van der Waals surface area contributed by atoms with E-state index in [0.29, 0.717) is 11.4 Å². The van der Waals surface area contributed by atoms with Crippen molar-refractivity contribution in [2.75, 3.05) is 5.32 Å². The summed E-state index contributed by atoms with van der Waals surface area (Å²) < 4.78 is 38.6. The molecule has 118 valence electrons. The van der Waals surface area contributed by atoms with Gasteiger partial charge in [0.2, 0.25) is 0 Å². The molecule has 3 nitrogen and oxygen atoms in total. The molecule has 7 heteroatoms. The van der Waals surface area contributed by atoms with Crippen molar-refractivity contribution in [1.82, 2.24) is 9.97 Å². The fourth-order valence-corrected chi connectivity index (χ4v) is 2.46. The summed E-state index contributed by atoms with van der Waals surface area (Å²) in [6, 6.07) is 11.2. The second-order valence-electron chi connectivity index (χ2n) is 4.90.